The molecule has 3 N–H and O–H groups in total. The van der Waals surface area contributed by atoms with Crippen molar-refractivity contribution in [1.82, 2.24) is 15.1 Å². The molecular weight excluding hydrogens is 347 g/mol. The Balaban J connectivity index is 0.00000208. The maximum atomic E-state index is 12.7. The fourth-order valence-corrected chi connectivity index (χ4v) is 3.19. The predicted molar refractivity (Wildman–Crippen MR) is 98.6 cm³/mol. The van der Waals surface area contributed by atoms with Crippen LogP contribution in [0.2, 0.25) is 5.02 Å². The van der Waals surface area contributed by atoms with Crippen molar-refractivity contribution in [3.8, 4) is 11.3 Å². The number of likely N-dealkylation sites (tertiary alicyclic amines) is 1. The molecule has 2 heterocycles. The van der Waals surface area contributed by atoms with Gasteiger partial charge in [-0.1, -0.05) is 43.6 Å². The van der Waals surface area contributed by atoms with Crippen LogP contribution in [0.5, 0.6) is 0 Å². The maximum Gasteiger partial charge on any atom is 0.271 e. The molecule has 130 valence electrons. The largest absolute Gasteiger partial charge is 0.337 e. The first-order valence-electron chi connectivity index (χ1n) is 7.73. The lowest BCUT2D eigenvalue weighted by atomic mass is 9.79. The minimum Gasteiger partial charge on any atom is -0.337 e. The number of rotatable bonds is 2. The Hall–Kier alpha value is -1.56. The number of halogens is 2. The van der Waals surface area contributed by atoms with Crippen molar-refractivity contribution in [2.24, 2.45) is 11.1 Å². The average molecular weight is 369 g/mol. The molecule has 0 spiro atoms. The highest BCUT2D eigenvalue weighted by Crippen LogP contribution is 2.30. The molecule has 3 rings (SSSR count). The number of piperidine rings is 1. The molecule has 1 amide bonds. The highest BCUT2D eigenvalue weighted by atomic mass is 35.5. The Morgan fingerprint density at radius 2 is 2.12 bits per heavy atom. The zero-order chi connectivity index (χ0) is 16.6. The maximum absolute atomic E-state index is 12.7. The van der Waals surface area contributed by atoms with E-state index in [4.69, 9.17) is 17.3 Å². The van der Waals surface area contributed by atoms with Crippen molar-refractivity contribution in [3.63, 3.8) is 0 Å². The number of hydrogen-bond acceptors (Lipinski definition) is 3. The van der Waals surface area contributed by atoms with Crippen molar-refractivity contribution in [3.05, 3.63) is 41.0 Å². The summed E-state index contributed by atoms with van der Waals surface area (Å²) in [5, 5.41) is 7.68. The minimum atomic E-state index is -0.0838. The molecule has 24 heavy (non-hydrogen) atoms. The molecule has 0 aliphatic carbocycles. The van der Waals surface area contributed by atoms with E-state index in [0.717, 1.165) is 12.0 Å². The summed E-state index contributed by atoms with van der Waals surface area (Å²) in [6, 6.07) is 9.32. The Kier molecular flexibility index (Phi) is 5.58. The zero-order valence-corrected chi connectivity index (χ0v) is 15.3. The van der Waals surface area contributed by atoms with E-state index < -0.39 is 0 Å². The summed E-state index contributed by atoms with van der Waals surface area (Å²) in [7, 11) is 0. The van der Waals surface area contributed by atoms with Crippen LogP contribution in [-0.4, -0.2) is 40.1 Å². The van der Waals surface area contributed by atoms with Gasteiger partial charge in [-0.2, -0.15) is 5.10 Å². The van der Waals surface area contributed by atoms with E-state index in [1.165, 1.54) is 0 Å². The second kappa shape index (κ2) is 7.13. The third-order valence-electron chi connectivity index (χ3n) is 4.56. The molecule has 0 radical (unpaired) electrons. The molecule has 1 fully saturated rings. The van der Waals surface area contributed by atoms with E-state index in [9.17, 15) is 4.79 Å². The van der Waals surface area contributed by atoms with Gasteiger partial charge in [-0.15, -0.1) is 12.4 Å². The SMILES string of the molecule is CC1(C)CN(C(=O)c2cc(-c3ccccc3Cl)n[nH]2)CCC1N.Cl. The van der Waals surface area contributed by atoms with Crippen LogP contribution in [-0.2, 0) is 0 Å². The molecule has 1 unspecified atom stereocenters. The number of aromatic nitrogens is 2. The van der Waals surface area contributed by atoms with Gasteiger partial charge in [-0.05, 0) is 24.0 Å². The number of hydrogen-bond donors (Lipinski definition) is 2. The molecule has 1 aromatic carbocycles. The number of benzene rings is 1. The lowest BCUT2D eigenvalue weighted by Crippen LogP contribution is -2.54. The van der Waals surface area contributed by atoms with Crippen LogP contribution < -0.4 is 5.73 Å². The van der Waals surface area contributed by atoms with Gasteiger partial charge >= 0.3 is 0 Å². The molecule has 1 aliphatic rings. The van der Waals surface area contributed by atoms with Crippen LogP contribution in [0.15, 0.2) is 30.3 Å². The topological polar surface area (TPSA) is 75.0 Å². The molecule has 1 aromatic heterocycles. The molecule has 7 heteroatoms. The second-order valence-corrected chi connectivity index (χ2v) is 7.16. The number of amides is 1. The summed E-state index contributed by atoms with van der Waals surface area (Å²) in [4.78, 5) is 14.5. The summed E-state index contributed by atoms with van der Waals surface area (Å²) in [6.45, 7) is 5.51. The fraction of sp³-hybridized carbons (Fsp3) is 0.412. The number of carbonyl (C=O) groups excluding carboxylic acids is 1. The normalized spacial score (nSPS) is 19.7. The summed E-state index contributed by atoms with van der Waals surface area (Å²) < 4.78 is 0. The zero-order valence-electron chi connectivity index (χ0n) is 13.8. The van der Waals surface area contributed by atoms with E-state index in [2.05, 4.69) is 24.0 Å². The lowest BCUT2D eigenvalue weighted by Gasteiger charge is -2.42. The molecule has 1 atom stereocenters. The lowest BCUT2D eigenvalue weighted by molar-refractivity contribution is 0.0527. The van der Waals surface area contributed by atoms with Crippen molar-refractivity contribution in [2.45, 2.75) is 26.3 Å². The minimum absolute atomic E-state index is 0. The van der Waals surface area contributed by atoms with Gasteiger partial charge in [-0.25, -0.2) is 0 Å². The number of nitrogens with one attached hydrogen (secondary N) is 1. The van der Waals surface area contributed by atoms with Crippen molar-refractivity contribution in [1.29, 1.82) is 0 Å². The van der Waals surface area contributed by atoms with Crippen LogP contribution in [0, 0.1) is 5.41 Å². The van der Waals surface area contributed by atoms with E-state index in [0.29, 0.717) is 29.5 Å². The molecule has 5 nitrogen and oxygen atoms in total. The van der Waals surface area contributed by atoms with Crippen LogP contribution in [0.4, 0.5) is 0 Å². The first kappa shape index (κ1) is 18.8. The molecule has 0 saturated carbocycles. The Labute approximate surface area is 153 Å². The first-order valence-corrected chi connectivity index (χ1v) is 8.11. The van der Waals surface area contributed by atoms with Crippen LogP contribution in [0.25, 0.3) is 11.3 Å². The summed E-state index contributed by atoms with van der Waals surface area (Å²) in [5.41, 5.74) is 8.02. The standard InChI is InChI=1S/C17H21ClN4O.ClH/c1-17(2)10-22(8-7-15(17)19)16(23)14-9-13(20-21-14)11-5-3-4-6-12(11)18;/h3-6,9,15H,7-8,10,19H2,1-2H3,(H,20,21);1H. The van der Waals surface area contributed by atoms with Gasteiger partial charge in [-0.3, -0.25) is 9.89 Å². The van der Waals surface area contributed by atoms with Crippen molar-refractivity contribution < 1.29 is 4.79 Å². The second-order valence-electron chi connectivity index (χ2n) is 6.76. The van der Waals surface area contributed by atoms with Gasteiger partial charge < -0.3 is 10.6 Å². The highest BCUT2D eigenvalue weighted by molar-refractivity contribution is 6.33. The molecule has 1 saturated heterocycles. The smallest absolute Gasteiger partial charge is 0.271 e. The number of carbonyl (C=O) groups is 1. The van der Waals surface area contributed by atoms with Gasteiger partial charge in [0, 0.05) is 24.7 Å². The summed E-state index contributed by atoms with van der Waals surface area (Å²) >= 11 is 6.19. The van der Waals surface area contributed by atoms with E-state index in [1.807, 2.05) is 29.2 Å². The molecule has 2 aromatic rings. The van der Waals surface area contributed by atoms with Gasteiger partial charge in [0.1, 0.15) is 5.69 Å². The van der Waals surface area contributed by atoms with Crippen LogP contribution in [0.3, 0.4) is 0 Å². The Morgan fingerprint density at radius 3 is 2.79 bits per heavy atom. The van der Waals surface area contributed by atoms with Gasteiger partial charge in [0.15, 0.2) is 0 Å². The van der Waals surface area contributed by atoms with E-state index in [-0.39, 0.29) is 29.8 Å². The third-order valence-corrected chi connectivity index (χ3v) is 4.89. The van der Waals surface area contributed by atoms with Gasteiger partial charge in [0.25, 0.3) is 5.91 Å². The average Bonchev–Trinajstić information content (AvgIpc) is 2.99. The number of nitrogens with zero attached hydrogens (tertiary/aromatic N) is 2. The Bertz CT molecular complexity index is 729. The molecule has 0 bridgehead atoms. The molecular formula is C17H22Cl2N4O. The number of aromatic amines is 1. The number of H-pyrrole nitrogens is 1. The predicted octanol–water partition coefficient (Wildman–Crippen LogP) is 3.35. The highest BCUT2D eigenvalue weighted by Gasteiger charge is 2.36. The Morgan fingerprint density at radius 1 is 1.42 bits per heavy atom. The molecule has 1 aliphatic heterocycles. The first-order chi connectivity index (χ1) is 10.9. The van der Waals surface area contributed by atoms with Crippen LogP contribution in [0.1, 0.15) is 30.8 Å². The van der Waals surface area contributed by atoms with Gasteiger partial charge in [0.05, 0.1) is 10.7 Å². The summed E-state index contributed by atoms with van der Waals surface area (Å²) in [5.74, 6) is -0.0456. The van der Waals surface area contributed by atoms with Gasteiger partial charge in [0.2, 0.25) is 0 Å². The third kappa shape index (κ3) is 3.58. The summed E-state index contributed by atoms with van der Waals surface area (Å²) in [6.07, 6.45) is 0.810. The van der Waals surface area contributed by atoms with E-state index in [1.54, 1.807) is 6.07 Å². The van der Waals surface area contributed by atoms with E-state index >= 15 is 0 Å². The quantitative estimate of drug-likeness (QED) is 0.853. The monoisotopic (exact) mass is 368 g/mol. The van der Waals surface area contributed by atoms with Crippen molar-refractivity contribution in [2.75, 3.05) is 13.1 Å². The fourth-order valence-electron chi connectivity index (χ4n) is 2.96. The number of nitrogens with two attached hydrogens (primary N) is 1. The van der Waals surface area contributed by atoms with Crippen LogP contribution >= 0.6 is 24.0 Å². The van der Waals surface area contributed by atoms with Crippen molar-refractivity contribution >= 4 is 29.9 Å².